The molecule has 3 aliphatic rings. The van der Waals surface area contributed by atoms with E-state index in [2.05, 4.69) is 68.2 Å². The van der Waals surface area contributed by atoms with E-state index in [1.165, 1.54) is 42.8 Å². The van der Waals surface area contributed by atoms with Crippen molar-refractivity contribution in [2.24, 2.45) is 0 Å². The van der Waals surface area contributed by atoms with Crippen LogP contribution >= 0.6 is 22.9 Å². The van der Waals surface area contributed by atoms with Gasteiger partial charge in [-0.05, 0) is 84.7 Å². The maximum absolute atomic E-state index is 5.71. The second-order valence-electron chi connectivity index (χ2n) is 9.29. The average Bonchev–Trinajstić information content (AvgIpc) is 3.60. The van der Waals surface area contributed by atoms with Gasteiger partial charge in [0.1, 0.15) is 0 Å². The molecular formula is C29H37ClN4S. The minimum absolute atomic E-state index is 0.550. The van der Waals surface area contributed by atoms with Gasteiger partial charge in [0.2, 0.25) is 0 Å². The fourth-order valence-corrected chi connectivity index (χ4v) is 5.81. The highest BCUT2D eigenvalue weighted by atomic mass is 35.5. The topological polar surface area (TPSA) is 21.8 Å². The molecule has 0 radical (unpaired) electrons. The number of nitrogens with zero attached hydrogens (tertiary/aromatic N) is 3. The molecule has 1 aliphatic carbocycles. The molecule has 2 saturated heterocycles. The van der Waals surface area contributed by atoms with Crippen molar-refractivity contribution in [3.63, 3.8) is 0 Å². The summed E-state index contributed by atoms with van der Waals surface area (Å²) in [6.45, 7) is 16.0. The Hall–Kier alpha value is -2.31. The summed E-state index contributed by atoms with van der Waals surface area (Å²) in [7, 11) is 0. The number of anilines is 1. The first kappa shape index (κ1) is 25.8. The normalized spacial score (nSPS) is 20.7. The monoisotopic (exact) mass is 508 g/mol. The van der Waals surface area contributed by atoms with Crippen LogP contribution in [0.1, 0.15) is 24.8 Å². The molecule has 35 heavy (non-hydrogen) atoms. The summed E-state index contributed by atoms with van der Waals surface area (Å²) in [6.07, 6.45) is 12.4. The van der Waals surface area contributed by atoms with Crippen LogP contribution in [0.3, 0.4) is 0 Å². The van der Waals surface area contributed by atoms with Crippen molar-refractivity contribution in [3.8, 4) is 0 Å². The molecule has 1 N–H and O–H groups in total. The zero-order valence-corrected chi connectivity index (χ0v) is 22.1. The molecule has 186 valence electrons. The summed E-state index contributed by atoms with van der Waals surface area (Å²) >= 11 is 7.49. The van der Waals surface area contributed by atoms with Crippen LogP contribution < -0.4 is 5.32 Å². The minimum atomic E-state index is 0.550. The van der Waals surface area contributed by atoms with Crippen molar-refractivity contribution in [3.05, 3.63) is 95.0 Å². The second kappa shape index (κ2) is 13.1. The lowest BCUT2D eigenvalue weighted by Gasteiger charge is -2.41. The number of benzene rings is 1. The van der Waals surface area contributed by atoms with E-state index >= 15 is 0 Å². The Morgan fingerprint density at radius 3 is 2.60 bits per heavy atom. The fraction of sp³-hybridized carbons (Fsp3) is 0.379. The van der Waals surface area contributed by atoms with Crippen molar-refractivity contribution in [1.82, 2.24) is 14.7 Å². The third kappa shape index (κ3) is 7.58. The number of nitrogens with one attached hydrogen (secondary N) is 1. The van der Waals surface area contributed by atoms with E-state index in [9.17, 15) is 0 Å². The summed E-state index contributed by atoms with van der Waals surface area (Å²) in [4.78, 5) is 7.71. The van der Waals surface area contributed by atoms with Gasteiger partial charge in [0, 0.05) is 55.2 Å². The number of rotatable bonds is 7. The van der Waals surface area contributed by atoms with Crippen LogP contribution in [0.15, 0.2) is 84.4 Å². The second-order valence-corrected chi connectivity index (χ2v) is 10.5. The molecular weight excluding hydrogens is 472 g/mol. The molecule has 1 aromatic heterocycles. The Morgan fingerprint density at radius 1 is 1.11 bits per heavy atom. The van der Waals surface area contributed by atoms with Gasteiger partial charge in [-0.25, -0.2) is 0 Å². The van der Waals surface area contributed by atoms with Crippen molar-refractivity contribution in [1.29, 1.82) is 0 Å². The largest absolute Gasteiger partial charge is 0.372 e. The number of hydrogen-bond donors (Lipinski definition) is 1. The van der Waals surface area contributed by atoms with Crippen LogP contribution in [0.4, 0.5) is 5.69 Å². The minimum Gasteiger partial charge on any atom is -0.372 e. The van der Waals surface area contributed by atoms with E-state index in [4.69, 9.17) is 11.6 Å². The highest BCUT2D eigenvalue weighted by Gasteiger charge is 2.25. The van der Waals surface area contributed by atoms with Gasteiger partial charge in [0.25, 0.3) is 0 Å². The van der Waals surface area contributed by atoms with Gasteiger partial charge in [-0.2, -0.15) is 11.3 Å². The summed E-state index contributed by atoms with van der Waals surface area (Å²) in [6, 6.07) is 10.3. The first-order chi connectivity index (χ1) is 17.1. The van der Waals surface area contributed by atoms with Crippen LogP contribution in [0, 0.1) is 0 Å². The van der Waals surface area contributed by atoms with Gasteiger partial charge >= 0.3 is 0 Å². The first-order valence-corrected chi connectivity index (χ1v) is 13.9. The first-order valence-electron chi connectivity index (χ1n) is 12.5. The van der Waals surface area contributed by atoms with Crippen LogP contribution in [-0.4, -0.2) is 66.6 Å². The molecule has 2 aliphatic heterocycles. The van der Waals surface area contributed by atoms with Crippen molar-refractivity contribution in [2.75, 3.05) is 51.1 Å². The number of thiophene rings is 1. The van der Waals surface area contributed by atoms with Crippen LogP contribution in [-0.2, 0) is 0 Å². The molecule has 0 spiro atoms. The summed E-state index contributed by atoms with van der Waals surface area (Å²) in [5, 5.41) is 8.10. The molecule has 1 aromatic carbocycles. The fourth-order valence-electron chi connectivity index (χ4n) is 4.94. The standard InChI is InChI=1S/C21H29N3S.C8H8ClN/c1-18(16-22-8-2-3-9-22)23-10-12-24(13-11-23)21-6-4-5-19(15-21)20-7-14-25-17-20;1-2-10-8-5-3-4-7(9)6-8/h4-7,14,17,21H,1-3,8-13,15-16H2;2-6,10H,1H2. The highest BCUT2D eigenvalue weighted by Crippen LogP contribution is 2.28. The summed E-state index contributed by atoms with van der Waals surface area (Å²) < 4.78 is 0. The molecule has 0 saturated carbocycles. The molecule has 5 rings (SSSR count). The predicted octanol–water partition coefficient (Wildman–Crippen LogP) is 6.58. The van der Waals surface area contributed by atoms with Crippen molar-refractivity contribution in [2.45, 2.75) is 25.3 Å². The van der Waals surface area contributed by atoms with Gasteiger partial charge in [-0.1, -0.05) is 49.1 Å². The van der Waals surface area contributed by atoms with Gasteiger partial charge in [-0.15, -0.1) is 0 Å². The van der Waals surface area contributed by atoms with E-state index < -0.39 is 0 Å². The lowest BCUT2D eigenvalue weighted by Crippen LogP contribution is -2.50. The van der Waals surface area contributed by atoms with Crippen LogP contribution in [0.5, 0.6) is 0 Å². The summed E-state index contributed by atoms with van der Waals surface area (Å²) in [5.41, 5.74) is 5.16. The van der Waals surface area contributed by atoms with Crippen molar-refractivity contribution >= 4 is 34.2 Å². The molecule has 3 heterocycles. The van der Waals surface area contributed by atoms with E-state index in [0.29, 0.717) is 6.04 Å². The molecule has 2 aromatic rings. The maximum Gasteiger partial charge on any atom is 0.0426 e. The molecule has 2 fully saturated rings. The lowest BCUT2D eigenvalue weighted by molar-refractivity contribution is 0.129. The number of allylic oxidation sites excluding steroid dienone is 2. The third-order valence-electron chi connectivity index (χ3n) is 6.88. The van der Waals surface area contributed by atoms with E-state index in [1.54, 1.807) is 17.5 Å². The van der Waals surface area contributed by atoms with E-state index in [0.717, 1.165) is 49.9 Å². The molecule has 4 nitrogen and oxygen atoms in total. The Balaban J connectivity index is 0.000000243. The van der Waals surface area contributed by atoms with Gasteiger partial charge in [0.15, 0.2) is 0 Å². The zero-order valence-electron chi connectivity index (χ0n) is 20.5. The Morgan fingerprint density at radius 2 is 1.91 bits per heavy atom. The van der Waals surface area contributed by atoms with Crippen LogP contribution in [0.2, 0.25) is 5.02 Å². The quantitative estimate of drug-likeness (QED) is 0.455. The van der Waals surface area contributed by atoms with Crippen LogP contribution in [0.25, 0.3) is 5.57 Å². The zero-order chi connectivity index (χ0) is 24.5. The molecule has 0 amide bonds. The average molecular weight is 509 g/mol. The SMILES string of the molecule is C=C(CN1CCCC1)N1CCN(C2C=CC=C(c3ccsc3)C2)CC1.C=CNc1cccc(Cl)c1. The number of halogens is 1. The number of piperazine rings is 1. The maximum atomic E-state index is 5.71. The van der Waals surface area contributed by atoms with E-state index in [-0.39, 0.29) is 0 Å². The van der Waals surface area contributed by atoms with Gasteiger partial charge in [-0.3, -0.25) is 9.80 Å². The van der Waals surface area contributed by atoms with E-state index in [1.807, 2.05) is 24.3 Å². The lowest BCUT2D eigenvalue weighted by atomic mass is 9.95. The predicted molar refractivity (Wildman–Crippen MR) is 153 cm³/mol. The number of hydrogen-bond acceptors (Lipinski definition) is 5. The molecule has 1 unspecified atom stereocenters. The third-order valence-corrected chi connectivity index (χ3v) is 7.80. The Labute approximate surface area is 219 Å². The Bertz CT molecular complexity index is 1020. The molecule has 1 atom stereocenters. The Kier molecular flexibility index (Phi) is 9.66. The smallest absolute Gasteiger partial charge is 0.0426 e. The summed E-state index contributed by atoms with van der Waals surface area (Å²) in [5.74, 6) is 0. The molecule has 6 heteroatoms. The molecule has 0 bridgehead atoms. The van der Waals surface area contributed by atoms with Gasteiger partial charge < -0.3 is 10.2 Å². The van der Waals surface area contributed by atoms with Gasteiger partial charge in [0.05, 0.1) is 0 Å². The van der Waals surface area contributed by atoms with Crippen molar-refractivity contribution < 1.29 is 0 Å². The number of likely N-dealkylation sites (tertiary alicyclic amines) is 1. The highest BCUT2D eigenvalue weighted by molar-refractivity contribution is 7.08.